The SMILES string of the molecule is CCc1ccc(Oc2cc(C(=O)OC)c(N)cn2)cc1. The fourth-order valence-electron chi connectivity index (χ4n) is 1.70. The lowest BCUT2D eigenvalue weighted by Crippen LogP contribution is -2.06. The number of benzene rings is 1. The van der Waals surface area contributed by atoms with Gasteiger partial charge in [-0.2, -0.15) is 0 Å². The van der Waals surface area contributed by atoms with Gasteiger partial charge in [-0.25, -0.2) is 9.78 Å². The second kappa shape index (κ2) is 6.06. The lowest BCUT2D eigenvalue weighted by atomic mass is 10.2. The molecule has 0 aliphatic rings. The van der Waals surface area contributed by atoms with Crippen LogP contribution in [0.25, 0.3) is 0 Å². The lowest BCUT2D eigenvalue weighted by Gasteiger charge is -2.08. The predicted octanol–water partition coefficient (Wildman–Crippen LogP) is 2.81. The average molecular weight is 272 g/mol. The lowest BCUT2D eigenvalue weighted by molar-refractivity contribution is 0.0601. The summed E-state index contributed by atoms with van der Waals surface area (Å²) < 4.78 is 10.2. The first-order valence-electron chi connectivity index (χ1n) is 6.24. The molecule has 104 valence electrons. The second-order valence-electron chi connectivity index (χ2n) is 4.20. The van der Waals surface area contributed by atoms with Gasteiger partial charge in [0.25, 0.3) is 0 Å². The van der Waals surface area contributed by atoms with Crippen LogP contribution in [0.5, 0.6) is 11.6 Å². The molecule has 1 aromatic carbocycles. The van der Waals surface area contributed by atoms with Gasteiger partial charge in [0, 0.05) is 6.07 Å². The molecule has 1 aromatic heterocycles. The van der Waals surface area contributed by atoms with E-state index in [0.717, 1.165) is 6.42 Å². The van der Waals surface area contributed by atoms with Crippen molar-refractivity contribution in [3.8, 4) is 11.6 Å². The second-order valence-corrected chi connectivity index (χ2v) is 4.20. The molecule has 2 N–H and O–H groups in total. The molecule has 1 heterocycles. The Kier molecular flexibility index (Phi) is 4.20. The van der Waals surface area contributed by atoms with Gasteiger partial charge in [0.1, 0.15) is 5.75 Å². The number of nitrogens with zero attached hydrogens (tertiary/aromatic N) is 1. The molecular formula is C15H16N2O3. The highest BCUT2D eigenvalue weighted by atomic mass is 16.5. The summed E-state index contributed by atoms with van der Waals surface area (Å²) in [5.41, 5.74) is 7.39. The number of hydrogen-bond donors (Lipinski definition) is 1. The molecule has 0 aliphatic carbocycles. The third-order valence-electron chi connectivity index (χ3n) is 2.87. The van der Waals surface area contributed by atoms with Crippen LogP contribution in [0.1, 0.15) is 22.8 Å². The van der Waals surface area contributed by atoms with Crippen molar-refractivity contribution in [2.24, 2.45) is 0 Å². The quantitative estimate of drug-likeness (QED) is 0.866. The Morgan fingerprint density at radius 3 is 2.60 bits per heavy atom. The number of ether oxygens (including phenoxy) is 2. The van der Waals surface area contributed by atoms with Crippen molar-refractivity contribution in [3.05, 3.63) is 47.7 Å². The Morgan fingerprint density at radius 2 is 2.00 bits per heavy atom. The number of carbonyl (C=O) groups excluding carboxylic acids is 1. The third-order valence-corrected chi connectivity index (χ3v) is 2.87. The number of aromatic nitrogens is 1. The molecule has 0 bridgehead atoms. The summed E-state index contributed by atoms with van der Waals surface area (Å²) in [6, 6.07) is 9.14. The topological polar surface area (TPSA) is 74.4 Å². The van der Waals surface area contributed by atoms with E-state index < -0.39 is 5.97 Å². The molecule has 0 saturated heterocycles. The zero-order valence-electron chi connectivity index (χ0n) is 11.4. The highest BCUT2D eigenvalue weighted by Gasteiger charge is 2.12. The minimum atomic E-state index is -0.518. The third kappa shape index (κ3) is 3.06. The van der Waals surface area contributed by atoms with E-state index in [2.05, 4.69) is 16.6 Å². The minimum Gasteiger partial charge on any atom is -0.465 e. The zero-order chi connectivity index (χ0) is 14.5. The van der Waals surface area contributed by atoms with E-state index >= 15 is 0 Å². The molecule has 0 fully saturated rings. The van der Waals surface area contributed by atoms with Gasteiger partial charge in [-0.1, -0.05) is 19.1 Å². The summed E-state index contributed by atoms with van der Waals surface area (Å²) in [4.78, 5) is 15.6. The van der Waals surface area contributed by atoms with Gasteiger partial charge in [-0.05, 0) is 24.1 Å². The van der Waals surface area contributed by atoms with Gasteiger partial charge in [-0.15, -0.1) is 0 Å². The maximum absolute atomic E-state index is 11.5. The monoisotopic (exact) mass is 272 g/mol. The maximum Gasteiger partial charge on any atom is 0.340 e. The summed E-state index contributed by atoms with van der Waals surface area (Å²) in [7, 11) is 1.30. The number of nitrogen functional groups attached to an aromatic ring is 1. The number of pyridine rings is 1. The van der Waals surface area contributed by atoms with Crippen molar-refractivity contribution in [2.75, 3.05) is 12.8 Å². The first-order valence-corrected chi connectivity index (χ1v) is 6.24. The molecule has 5 heteroatoms. The summed E-state index contributed by atoms with van der Waals surface area (Å²) in [6.45, 7) is 2.08. The van der Waals surface area contributed by atoms with Crippen LogP contribution in [0.2, 0.25) is 0 Å². The molecule has 20 heavy (non-hydrogen) atoms. The van der Waals surface area contributed by atoms with E-state index in [1.807, 2.05) is 24.3 Å². The molecule has 0 unspecified atom stereocenters. The highest BCUT2D eigenvalue weighted by molar-refractivity contribution is 5.95. The molecule has 0 saturated carbocycles. The number of anilines is 1. The van der Waals surface area contributed by atoms with Gasteiger partial charge < -0.3 is 15.2 Å². The summed E-state index contributed by atoms with van der Waals surface area (Å²) in [5, 5.41) is 0. The minimum absolute atomic E-state index is 0.239. The molecular weight excluding hydrogens is 256 g/mol. The Bertz CT molecular complexity index is 609. The van der Waals surface area contributed by atoms with Crippen LogP contribution in [0, 0.1) is 0 Å². The van der Waals surface area contributed by atoms with Gasteiger partial charge >= 0.3 is 5.97 Å². The van der Waals surface area contributed by atoms with Crippen LogP contribution in [-0.4, -0.2) is 18.1 Å². The number of esters is 1. The van der Waals surface area contributed by atoms with E-state index in [-0.39, 0.29) is 11.3 Å². The van der Waals surface area contributed by atoms with Crippen molar-refractivity contribution >= 4 is 11.7 Å². The number of aryl methyl sites for hydroxylation is 1. The molecule has 0 amide bonds. The van der Waals surface area contributed by atoms with E-state index in [4.69, 9.17) is 10.5 Å². The number of hydrogen-bond acceptors (Lipinski definition) is 5. The molecule has 0 radical (unpaired) electrons. The van der Waals surface area contributed by atoms with Gasteiger partial charge in [0.15, 0.2) is 0 Å². The standard InChI is InChI=1S/C15H16N2O3/c1-3-10-4-6-11(7-5-10)20-14-8-12(15(18)19-2)13(16)9-17-14/h4-9H,3,16H2,1-2H3. The molecule has 2 rings (SSSR count). The fraction of sp³-hybridized carbons (Fsp3) is 0.200. The van der Waals surface area contributed by atoms with E-state index in [1.54, 1.807) is 0 Å². The largest absolute Gasteiger partial charge is 0.465 e. The number of methoxy groups -OCH3 is 1. The van der Waals surface area contributed by atoms with Crippen LogP contribution in [0.4, 0.5) is 5.69 Å². The van der Waals surface area contributed by atoms with Crippen LogP contribution in [-0.2, 0) is 11.2 Å². The predicted molar refractivity (Wildman–Crippen MR) is 75.9 cm³/mol. The smallest absolute Gasteiger partial charge is 0.340 e. The summed E-state index contributed by atoms with van der Waals surface area (Å²) >= 11 is 0. The Morgan fingerprint density at radius 1 is 1.30 bits per heavy atom. The van der Waals surface area contributed by atoms with E-state index in [1.165, 1.54) is 24.9 Å². The first-order chi connectivity index (χ1) is 9.63. The van der Waals surface area contributed by atoms with Gasteiger partial charge in [0.05, 0.1) is 24.6 Å². The maximum atomic E-state index is 11.5. The molecule has 5 nitrogen and oxygen atoms in total. The summed E-state index contributed by atoms with van der Waals surface area (Å²) in [6.07, 6.45) is 2.34. The Hall–Kier alpha value is -2.56. The van der Waals surface area contributed by atoms with Gasteiger partial charge in [0.2, 0.25) is 5.88 Å². The van der Waals surface area contributed by atoms with Crippen molar-refractivity contribution < 1.29 is 14.3 Å². The van der Waals surface area contributed by atoms with Crippen molar-refractivity contribution in [1.82, 2.24) is 4.98 Å². The Labute approximate surface area is 117 Å². The fourth-order valence-corrected chi connectivity index (χ4v) is 1.70. The normalized spacial score (nSPS) is 10.1. The number of nitrogens with two attached hydrogens (primary N) is 1. The van der Waals surface area contributed by atoms with Crippen LogP contribution in [0.3, 0.4) is 0 Å². The van der Waals surface area contributed by atoms with Crippen molar-refractivity contribution in [1.29, 1.82) is 0 Å². The molecule has 0 aliphatic heterocycles. The van der Waals surface area contributed by atoms with Crippen LogP contribution in [0.15, 0.2) is 36.5 Å². The number of rotatable bonds is 4. The molecule has 0 atom stereocenters. The first kappa shape index (κ1) is 13.9. The number of carbonyl (C=O) groups is 1. The zero-order valence-corrected chi connectivity index (χ0v) is 11.4. The van der Waals surface area contributed by atoms with Gasteiger partial charge in [-0.3, -0.25) is 0 Å². The van der Waals surface area contributed by atoms with Crippen LogP contribution >= 0.6 is 0 Å². The molecule has 2 aromatic rings. The van der Waals surface area contributed by atoms with Crippen molar-refractivity contribution in [3.63, 3.8) is 0 Å². The summed E-state index contributed by atoms with van der Waals surface area (Å²) in [5.74, 6) is 0.426. The molecule has 0 spiro atoms. The van der Waals surface area contributed by atoms with E-state index in [0.29, 0.717) is 11.6 Å². The average Bonchev–Trinajstić information content (AvgIpc) is 2.49. The van der Waals surface area contributed by atoms with Crippen molar-refractivity contribution in [2.45, 2.75) is 13.3 Å². The van der Waals surface area contributed by atoms with E-state index in [9.17, 15) is 4.79 Å². The Balaban J connectivity index is 2.22. The highest BCUT2D eigenvalue weighted by Crippen LogP contribution is 2.23. The van der Waals surface area contributed by atoms with Crippen LogP contribution < -0.4 is 10.5 Å².